The van der Waals surface area contributed by atoms with E-state index in [4.69, 9.17) is 5.11 Å². The zero-order valence-electron chi connectivity index (χ0n) is 12.3. The summed E-state index contributed by atoms with van der Waals surface area (Å²) in [6, 6.07) is 0.826. The van der Waals surface area contributed by atoms with E-state index in [1.54, 1.807) is 0 Å². The van der Waals surface area contributed by atoms with Gasteiger partial charge in [-0.2, -0.15) is 0 Å². The highest BCUT2D eigenvalue weighted by Gasteiger charge is 2.19. The molecule has 0 saturated carbocycles. The first-order valence-electron chi connectivity index (χ1n) is 6.84. The fourth-order valence-electron chi connectivity index (χ4n) is 1.67. The second-order valence-electron chi connectivity index (χ2n) is 5.57. The predicted molar refractivity (Wildman–Crippen MR) is 76.9 cm³/mol. The first-order chi connectivity index (χ1) is 9.39. The summed E-state index contributed by atoms with van der Waals surface area (Å²) in [5.74, 6) is -1.34. The Hall–Kier alpha value is -1.43. The Morgan fingerprint density at radius 1 is 1.20 bits per heavy atom. The molecule has 1 rings (SSSR count). The van der Waals surface area contributed by atoms with Crippen LogP contribution in [0.2, 0.25) is 0 Å². The minimum Gasteiger partial charge on any atom is -0.396 e. The molecule has 0 radical (unpaired) electrons. The molecule has 0 aliphatic rings. The molecule has 0 aromatic carbocycles. The molecule has 0 bridgehead atoms. The first kappa shape index (κ1) is 16.6. The molecule has 0 aliphatic carbocycles. The van der Waals surface area contributed by atoms with Gasteiger partial charge in [-0.1, -0.05) is 20.8 Å². The van der Waals surface area contributed by atoms with E-state index in [1.165, 1.54) is 0 Å². The second kappa shape index (κ2) is 7.38. The lowest BCUT2D eigenvalue weighted by Gasteiger charge is -2.24. The smallest absolute Gasteiger partial charge is 0.168 e. The van der Waals surface area contributed by atoms with Crippen molar-refractivity contribution in [2.24, 2.45) is 5.41 Å². The van der Waals surface area contributed by atoms with Crippen LogP contribution in [0.4, 0.5) is 20.4 Å². The number of pyridine rings is 1. The van der Waals surface area contributed by atoms with Crippen LogP contribution >= 0.6 is 0 Å². The van der Waals surface area contributed by atoms with Crippen molar-refractivity contribution in [2.45, 2.75) is 33.6 Å². The fraction of sp³-hybridized carbons (Fsp3) is 0.643. The standard InChI is InChI=1S/C14H23F2N3O/c1-4-6-17-12-10(15)8-11(16)13(19-12)18-9-14(2,3)5-7-20/h8,20H,4-7,9H2,1-3H3,(H2,17,18,19). The van der Waals surface area contributed by atoms with Crippen LogP contribution in [-0.2, 0) is 0 Å². The van der Waals surface area contributed by atoms with Gasteiger partial charge in [0.2, 0.25) is 0 Å². The SMILES string of the molecule is CCCNc1nc(NCC(C)(C)CCO)c(F)cc1F. The molecule has 4 nitrogen and oxygen atoms in total. The van der Waals surface area contributed by atoms with Gasteiger partial charge in [0.05, 0.1) is 0 Å². The van der Waals surface area contributed by atoms with E-state index in [0.29, 0.717) is 19.5 Å². The molecule has 0 fully saturated rings. The van der Waals surface area contributed by atoms with Gasteiger partial charge in [0.25, 0.3) is 0 Å². The molecule has 0 spiro atoms. The van der Waals surface area contributed by atoms with Crippen molar-refractivity contribution < 1.29 is 13.9 Å². The van der Waals surface area contributed by atoms with Crippen molar-refractivity contribution >= 4 is 11.6 Å². The van der Waals surface area contributed by atoms with Gasteiger partial charge in [-0.25, -0.2) is 13.8 Å². The maximum absolute atomic E-state index is 13.7. The molecule has 1 heterocycles. The number of anilines is 2. The number of aliphatic hydroxyl groups excluding tert-OH is 1. The van der Waals surface area contributed by atoms with Gasteiger partial charge in [0.15, 0.2) is 23.3 Å². The van der Waals surface area contributed by atoms with Gasteiger partial charge < -0.3 is 15.7 Å². The summed E-state index contributed by atoms with van der Waals surface area (Å²) in [7, 11) is 0. The summed E-state index contributed by atoms with van der Waals surface area (Å²) in [6.45, 7) is 6.94. The van der Waals surface area contributed by atoms with E-state index in [9.17, 15) is 8.78 Å². The number of nitrogens with zero attached hydrogens (tertiary/aromatic N) is 1. The quantitative estimate of drug-likeness (QED) is 0.688. The molecule has 0 atom stereocenters. The van der Waals surface area contributed by atoms with Crippen molar-refractivity contribution in [1.29, 1.82) is 0 Å². The number of aromatic nitrogens is 1. The topological polar surface area (TPSA) is 57.2 Å². The molecule has 0 aliphatic heterocycles. The molecule has 0 saturated heterocycles. The van der Waals surface area contributed by atoms with Gasteiger partial charge in [0, 0.05) is 25.8 Å². The van der Waals surface area contributed by atoms with Gasteiger partial charge >= 0.3 is 0 Å². The number of hydrogen-bond donors (Lipinski definition) is 3. The molecule has 0 unspecified atom stereocenters. The second-order valence-corrected chi connectivity index (χ2v) is 5.57. The van der Waals surface area contributed by atoms with E-state index in [1.807, 2.05) is 20.8 Å². The van der Waals surface area contributed by atoms with Crippen molar-refractivity contribution in [1.82, 2.24) is 4.98 Å². The third-order valence-electron chi connectivity index (χ3n) is 2.99. The van der Waals surface area contributed by atoms with Crippen LogP contribution < -0.4 is 10.6 Å². The Balaban J connectivity index is 2.79. The summed E-state index contributed by atoms with van der Waals surface area (Å²) < 4.78 is 27.2. The van der Waals surface area contributed by atoms with Crippen LogP contribution in [-0.4, -0.2) is 29.8 Å². The van der Waals surface area contributed by atoms with E-state index >= 15 is 0 Å². The lowest BCUT2D eigenvalue weighted by molar-refractivity contribution is 0.220. The van der Waals surface area contributed by atoms with Crippen LogP contribution in [0.25, 0.3) is 0 Å². The van der Waals surface area contributed by atoms with Gasteiger partial charge in [-0.15, -0.1) is 0 Å². The van der Waals surface area contributed by atoms with E-state index in [2.05, 4.69) is 15.6 Å². The number of halogens is 2. The monoisotopic (exact) mass is 287 g/mol. The number of aliphatic hydroxyl groups is 1. The van der Waals surface area contributed by atoms with Crippen molar-refractivity contribution in [3.05, 3.63) is 17.7 Å². The minimum atomic E-state index is -0.718. The van der Waals surface area contributed by atoms with Crippen LogP contribution in [0.1, 0.15) is 33.6 Å². The van der Waals surface area contributed by atoms with Gasteiger partial charge in [-0.3, -0.25) is 0 Å². The molecule has 3 N–H and O–H groups in total. The molecule has 0 amide bonds. The van der Waals surface area contributed by atoms with E-state index in [0.717, 1.165) is 12.5 Å². The Morgan fingerprint density at radius 2 is 1.80 bits per heavy atom. The summed E-state index contributed by atoms with van der Waals surface area (Å²) in [5, 5.41) is 14.7. The fourth-order valence-corrected chi connectivity index (χ4v) is 1.67. The minimum absolute atomic E-state index is 0.0241. The van der Waals surface area contributed by atoms with Crippen molar-refractivity contribution in [3.63, 3.8) is 0 Å². The molecular formula is C14H23F2N3O. The first-order valence-corrected chi connectivity index (χ1v) is 6.84. The maximum atomic E-state index is 13.7. The van der Waals surface area contributed by atoms with Crippen LogP contribution in [0.3, 0.4) is 0 Å². The van der Waals surface area contributed by atoms with Crippen LogP contribution in [0, 0.1) is 17.0 Å². The summed E-state index contributed by atoms with van der Waals surface area (Å²) in [6.07, 6.45) is 1.41. The van der Waals surface area contributed by atoms with Crippen molar-refractivity contribution in [2.75, 3.05) is 30.3 Å². The third kappa shape index (κ3) is 4.92. The lowest BCUT2D eigenvalue weighted by Crippen LogP contribution is -2.25. The largest absolute Gasteiger partial charge is 0.396 e. The lowest BCUT2D eigenvalue weighted by atomic mass is 9.90. The normalized spacial score (nSPS) is 11.5. The van der Waals surface area contributed by atoms with Gasteiger partial charge in [0.1, 0.15) is 0 Å². The molecular weight excluding hydrogens is 264 g/mol. The Bertz CT molecular complexity index is 439. The molecule has 6 heteroatoms. The average molecular weight is 287 g/mol. The maximum Gasteiger partial charge on any atom is 0.168 e. The third-order valence-corrected chi connectivity index (χ3v) is 2.99. The number of rotatable bonds is 8. The predicted octanol–water partition coefficient (Wildman–Crippen LogP) is 3.00. The molecule has 20 heavy (non-hydrogen) atoms. The Labute approximate surface area is 118 Å². The highest BCUT2D eigenvalue weighted by molar-refractivity contribution is 5.47. The Kier molecular flexibility index (Phi) is 6.13. The summed E-state index contributed by atoms with van der Waals surface area (Å²) in [5.41, 5.74) is -0.200. The van der Waals surface area contributed by atoms with Crippen LogP contribution in [0.5, 0.6) is 0 Å². The van der Waals surface area contributed by atoms with Crippen LogP contribution in [0.15, 0.2) is 6.07 Å². The Morgan fingerprint density at radius 3 is 2.35 bits per heavy atom. The number of hydrogen-bond acceptors (Lipinski definition) is 4. The molecule has 1 aromatic rings. The summed E-state index contributed by atoms with van der Waals surface area (Å²) in [4.78, 5) is 3.94. The highest BCUT2D eigenvalue weighted by atomic mass is 19.1. The molecule has 1 aromatic heterocycles. The van der Waals surface area contributed by atoms with Gasteiger partial charge in [-0.05, 0) is 18.3 Å². The van der Waals surface area contributed by atoms with Crippen molar-refractivity contribution in [3.8, 4) is 0 Å². The van der Waals surface area contributed by atoms with E-state index in [-0.39, 0.29) is 23.7 Å². The highest BCUT2D eigenvalue weighted by Crippen LogP contribution is 2.23. The van der Waals surface area contributed by atoms with E-state index < -0.39 is 11.6 Å². The zero-order valence-corrected chi connectivity index (χ0v) is 12.3. The zero-order chi connectivity index (χ0) is 15.2. The average Bonchev–Trinajstić information content (AvgIpc) is 2.36. The number of nitrogens with one attached hydrogen (secondary N) is 2. The molecule has 114 valence electrons. The summed E-state index contributed by atoms with van der Waals surface area (Å²) >= 11 is 0.